The van der Waals surface area contributed by atoms with Crippen molar-refractivity contribution in [3.05, 3.63) is 39.9 Å². The van der Waals surface area contributed by atoms with Crippen LogP contribution in [0.4, 0.5) is 5.69 Å². The molecule has 1 aromatic rings. The summed E-state index contributed by atoms with van der Waals surface area (Å²) in [4.78, 5) is 10.4. The van der Waals surface area contributed by atoms with Crippen molar-refractivity contribution in [3.8, 4) is 0 Å². The largest absolute Gasteiger partial charge is 0.393 e. The van der Waals surface area contributed by atoms with Gasteiger partial charge in [0.15, 0.2) is 0 Å². The number of nitro groups is 1. The molecule has 2 atom stereocenters. The van der Waals surface area contributed by atoms with Crippen LogP contribution in [0.15, 0.2) is 24.3 Å². The fraction of sp³-hybridized carbons (Fsp3) is 0.500. The number of benzene rings is 1. The van der Waals surface area contributed by atoms with Gasteiger partial charge in [-0.05, 0) is 5.92 Å². The van der Waals surface area contributed by atoms with Gasteiger partial charge in [0.25, 0.3) is 5.69 Å². The van der Waals surface area contributed by atoms with Gasteiger partial charge in [0, 0.05) is 18.1 Å². The van der Waals surface area contributed by atoms with E-state index in [-0.39, 0.29) is 11.6 Å². The Morgan fingerprint density at radius 2 is 2.06 bits per heavy atom. The zero-order chi connectivity index (χ0) is 12.1. The molecule has 0 saturated heterocycles. The fourth-order valence-electron chi connectivity index (χ4n) is 1.56. The van der Waals surface area contributed by atoms with Crippen LogP contribution in [0.2, 0.25) is 0 Å². The molecule has 88 valence electrons. The number of para-hydroxylation sites is 1. The Bertz CT molecular complexity index is 365. The Kier molecular flexibility index (Phi) is 4.43. The summed E-state index contributed by atoms with van der Waals surface area (Å²) in [7, 11) is 0. The van der Waals surface area contributed by atoms with Crippen LogP contribution < -0.4 is 0 Å². The van der Waals surface area contributed by atoms with Gasteiger partial charge in [-0.3, -0.25) is 10.1 Å². The average Bonchev–Trinajstić information content (AvgIpc) is 2.28. The van der Waals surface area contributed by atoms with Crippen molar-refractivity contribution >= 4 is 5.69 Å². The van der Waals surface area contributed by atoms with Gasteiger partial charge >= 0.3 is 0 Å². The minimum Gasteiger partial charge on any atom is -0.393 e. The Balaban J connectivity index is 2.84. The van der Waals surface area contributed by atoms with Gasteiger partial charge in [0.1, 0.15) is 0 Å². The highest BCUT2D eigenvalue weighted by Gasteiger charge is 2.18. The fourth-order valence-corrected chi connectivity index (χ4v) is 1.56. The molecule has 0 heterocycles. The highest BCUT2D eigenvalue weighted by molar-refractivity contribution is 5.40. The summed E-state index contributed by atoms with van der Waals surface area (Å²) >= 11 is 0. The van der Waals surface area contributed by atoms with E-state index in [1.807, 2.05) is 13.8 Å². The maximum absolute atomic E-state index is 10.8. The summed E-state index contributed by atoms with van der Waals surface area (Å²) < 4.78 is 0. The third-order valence-electron chi connectivity index (χ3n) is 2.92. The summed E-state index contributed by atoms with van der Waals surface area (Å²) in [6.45, 7) is 3.94. The number of nitrogens with zero attached hydrogens (tertiary/aromatic N) is 1. The van der Waals surface area contributed by atoms with E-state index in [1.54, 1.807) is 18.2 Å². The highest BCUT2D eigenvalue weighted by Crippen LogP contribution is 2.21. The molecule has 0 radical (unpaired) electrons. The number of hydrogen-bond donors (Lipinski definition) is 1. The Hall–Kier alpha value is -1.42. The molecule has 0 aliphatic rings. The van der Waals surface area contributed by atoms with Crippen molar-refractivity contribution in [2.24, 2.45) is 5.92 Å². The Morgan fingerprint density at radius 3 is 2.62 bits per heavy atom. The van der Waals surface area contributed by atoms with E-state index in [4.69, 9.17) is 0 Å². The first kappa shape index (κ1) is 12.6. The molecule has 0 bridgehead atoms. The van der Waals surface area contributed by atoms with Crippen LogP contribution in [0.5, 0.6) is 0 Å². The molecule has 0 saturated carbocycles. The zero-order valence-electron chi connectivity index (χ0n) is 9.59. The second kappa shape index (κ2) is 5.61. The maximum atomic E-state index is 10.8. The van der Waals surface area contributed by atoms with Crippen LogP contribution >= 0.6 is 0 Å². The van der Waals surface area contributed by atoms with Crippen LogP contribution in [0.1, 0.15) is 25.8 Å². The molecule has 2 unspecified atom stereocenters. The molecule has 16 heavy (non-hydrogen) atoms. The third kappa shape index (κ3) is 3.03. The van der Waals surface area contributed by atoms with E-state index >= 15 is 0 Å². The zero-order valence-corrected chi connectivity index (χ0v) is 9.59. The molecule has 0 fully saturated rings. The lowest BCUT2D eigenvalue weighted by atomic mass is 9.95. The molecule has 0 amide bonds. The van der Waals surface area contributed by atoms with E-state index in [9.17, 15) is 15.2 Å². The average molecular weight is 223 g/mol. The van der Waals surface area contributed by atoms with Crippen LogP contribution in [0.25, 0.3) is 0 Å². The second-order valence-corrected chi connectivity index (χ2v) is 4.04. The molecule has 1 aromatic carbocycles. The van der Waals surface area contributed by atoms with E-state index < -0.39 is 11.0 Å². The third-order valence-corrected chi connectivity index (χ3v) is 2.92. The van der Waals surface area contributed by atoms with Crippen LogP contribution in [0.3, 0.4) is 0 Å². The monoisotopic (exact) mass is 223 g/mol. The molecule has 0 aliphatic carbocycles. The lowest BCUT2D eigenvalue weighted by molar-refractivity contribution is -0.385. The van der Waals surface area contributed by atoms with Crippen molar-refractivity contribution < 1.29 is 10.0 Å². The van der Waals surface area contributed by atoms with Gasteiger partial charge in [-0.1, -0.05) is 38.5 Å². The number of aliphatic hydroxyl groups is 1. The lowest BCUT2D eigenvalue weighted by Crippen LogP contribution is -2.20. The van der Waals surface area contributed by atoms with Crippen LogP contribution in [-0.4, -0.2) is 16.1 Å². The van der Waals surface area contributed by atoms with Crippen molar-refractivity contribution in [1.29, 1.82) is 0 Å². The first-order valence-corrected chi connectivity index (χ1v) is 5.46. The molecule has 4 nitrogen and oxygen atoms in total. The predicted octanol–water partition coefficient (Wildman–Crippen LogP) is 2.54. The van der Waals surface area contributed by atoms with Gasteiger partial charge in [-0.15, -0.1) is 0 Å². The summed E-state index contributed by atoms with van der Waals surface area (Å²) in [6.07, 6.45) is 0.680. The molecule has 0 aromatic heterocycles. The van der Waals surface area contributed by atoms with Crippen molar-refractivity contribution in [2.45, 2.75) is 32.8 Å². The van der Waals surface area contributed by atoms with E-state index in [1.165, 1.54) is 6.07 Å². The molecule has 4 heteroatoms. The Morgan fingerprint density at radius 1 is 1.44 bits per heavy atom. The Labute approximate surface area is 95.1 Å². The first-order chi connectivity index (χ1) is 7.56. The summed E-state index contributed by atoms with van der Waals surface area (Å²) in [5, 5.41) is 20.6. The molecular formula is C12H17NO3. The standard InChI is InChI=1S/C12H17NO3/c1-3-9(2)12(14)8-10-6-4-5-7-11(10)13(15)16/h4-7,9,12,14H,3,8H2,1-2H3. The second-order valence-electron chi connectivity index (χ2n) is 4.04. The molecular weight excluding hydrogens is 206 g/mol. The molecule has 1 N–H and O–H groups in total. The smallest absolute Gasteiger partial charge is 0.272 e. The van der Waals surface area contributed by atoms with Gasteiger partial charge < -0.3 is 5.11 Å². The predicted molar refractivity (Wildman–Crippen MR) is 62.3 cm³/mol. The number of aliphatic hydroxyl groups excluding tert-OH is 1. The molecule has 0 spiro atoms. The normalized spacial score (nSPS) is 14.4. The lowest BCUT2D eigenvalue weighted by Gasteiger charge is -2.16. The van der Waals surface area contributed by atoms with Gasteiger partial charge in [-0.2, -0.15) is 0 Å². The van der Waals surface area contributed by atoms with E-state index in [0.29, 0.717) is 12.0 Å². The maximum Gasteiger partial charge on any atom is 0.272 e. The van der Waals surface area contributed by atoms with Gasteiger partial charge in [-0.25, -0.2) is 0 Å². The van der Waals surface area contributed by atoms with E-state index in [0.717, 1.165) is 6.42 Å². The summed E-state index contributed by atoms with van der Waals surface area (Å²) in [6, 6.07) is 6.56. The topological polar surface area (TPSA) is 63.4 Å². The number of nitro benzene ring substituents is 1. The molecule has 1 rings (SSSR count). The first-order valence-electron chi connectivity index (χ1n) is 5.46. The highest BCUT2D eigenvalue weighted by atomic mass is 16.6. The SMILES string of the molecule is CCC(C)C(O)Cc1ccccc1[N+](=O)[O-]. The molecule has 0 aliphatic heterocycles. The van der Waals surface area contributed by atoms with Crippen LogP contribution in [-0.2, 0) is 6.42 Å². The van der Waals surface area contributed by atoms with Crippen molar-refractivity contribution in [2.75, 3.05) is 0 Å². The number of rotatable bonds is 5. The minimum atomic E-state index is -0.522. The van der Waals surface area contributed by atoms with Crippen LogP contribution in [0, 0.1) is 16.0 Å². The quantitative estimate of drug-likeness (QED) is 0.616. The minimum absolute atomic E-state index is 0.0878. The summed E-state index contributed by atoms with van der Waals surface area (Å²) in [5.74, 6) is 0.153. The van der Waals surface area contributed by atoms with Gasteiger partial charge in [0.05, 0.1) is 11.0 Å². The van der Waals surface area contributed by atoms with Crippen molar-refractivity contribution in [1.82, 2.24) is 0 Å². The van der Waals surface area contributed by atoms with Crippen molar-refractivity contribution in [3.63, 3.8) is 0 Å². The van der Waals surface area contributed by atoms with Gasteiger partial charge in [0.2, 0.25) is 0 Å². The summed E-state index contributed by atoms with van der Waals surface area (Å²) in [5.41, 5.74) is 0.685. The number of hydrogen-bond acceptors (Lipinski definition) is 3. The van der Waals surface area contributed by atoms with E-state index in [2.05, 4.69) is 0 Å².